The first-order chi connectivity index (χ1) is 12.0. The second kappa shape index (κ2) is 3.84. The quantitative estimate of drug-likeness (QED) is 0.611. The number of fused-ring (bicyclic) bond motifs is 2. The molecule has 8 fully saturated rings. The van der Waals surface area contributed by atoms with Gasteiger partial charge in [0, 0.05) is 5.92 Å². The molecule has 14 atom stereocenters. The summed E-state index contributed by atoms with van der Waals surface area (Å²) in [5.74, 6) is 0.596. The molecule has 8 saturated carbocycles. The van der Waals surface area contributed by atoms with Crippen LogP contribution >= 0.6 is 0 Å². The molecule has 0 radical (unpaired) electrons. The van der Waals surface area contributed by atoms with Crippen LogP contribution in [0.1, 0.15) is 25.7 Å². The number of carboxylic acids is 1. The van der Waals surface area contributed by atoms with Crippen molar-refractivity contribution in [1.82, 2.24) is 0 Å². The first-order valence-corrected chi connectivity index (χ1v) is 10.1. The molecule has 134 valence electrons. The summed E-state index contributed by atoms with van der Waals surface area (Å²) in [7, 11) is 0. The first-order valence-electron chi connectivity index (χ1n) is 10.1. The van der Waals surface area contributed by atoms with E-state index in [1.807, 2.05) is 0 Å². The molecule has 8 bridgehead atoms. The van der Waals surface area contributed by atoms with Gasteiger partial charge in [-0.15, -0.1) is 0 Å². The molecule has 0 aromatic heterocycles. The zero-order valence-electron chi connectivity index (χ0n) is 14.0. The van der Waals surface area contributed by atoms with Gasteiger partial charge in [-0.25, -0.2) is 0 Å². The van der Waals surface area contributed by atoms with E-state index in [1.54, 1.807) is 0 Å². The summed E-state index contributed by atoms with van der Waals surface area (Å²) in [6.45, 7) is 0. The average molecular weight is 344 g/mol. The largest absolute Gasteiger partial charge is 0.480 e. The Labute approximate surface area is 145 Å². The molecule has 5 heteroatoms. The molecular formula is C20H24O5. The minimum Gasteiger partial charge on any atom is -0.480 e. The molecule has 0 aromatic rings. The van der Waals surface area contributed by atoms with E-state index in [0.29, 0.717) is 23.7 Å². The van der Waals surface area contributed by atoms with Crippen LogP contribution in [0, 0.1) is 70.5 Å². The number of hydrogen-bond acceptors (Lipinski definition) is 4. The Bertz CT molecular complexity index is 734. The maximum atomic E-state index is 13.6. The fourth-order valence-electron chi connectivity index (χ4n) is 10.6. The summed E-state index contributed by atoms with van der Waals surface area (Å²) in [5, 5.41) is 31.7. The van der Waals surface area contributed by atoms with Crippen molar-refractivity contribution < 1.29 is 24.9 Å². The highest BCUT2D eigenvalue weighted by Crippen LogP contribution is 2.86. The summed E-state index contributed by atoms with van der Waals surface area (Å²) in [5.41, 5.74) is -1.25. The van der Waals surface area contributed by atoms with Gasteiger partial charge in [-0.3, -0.25) is 9.59 Å². The van der Waals surface area contributed by atoms with Crippen LogP contribution in [0.15, 0.2) is 0 Å². The normalized spacial score (nSPS) is 70.3. The molecule has 0 amide bonds. The first kappa shape index (κ1) is 14.2. The number of hydrogen-bond donors (Lipinski definition) is 3. The van der Waals surface area contributed by atoms with Crippen LogP contribution < -0.4 is 0 Å². The lowest BCUT2D eigenvalue weighted by molar-refractivity contribution is -0.170. The number of carbonyl (C=O) groups is 2. The van der Waals surface area contributed by atoms with Crippen molar-refractivity contribution in [1.29, 1.82) is 0 Å². The lowest BCUT2D eigenvalue weighted by Gasteiger charge is -2.43. The van der Waals surface area contributed by atoms with Crippen LogP contribution in [0.2, 0.25) is 0 Å². The molecule has 0 aromatic carbocycles. The highest BCUT2D eigenvalue weighted by Gasteiger charge is 2.90. The van der Waals surface area contributed by atoms with Gasteiger partial charge in [0.1, 0.15) is 5.41 Å². The van der Waals surface area contributed by atoms with Crippen molar-refractivity contribution in [2.24, 2.45) is 70.5 Å². The SMILES string of the molecule is O=C(O)[C@@]12C(=O)[C@@H]3[C@H]4[C@H]([C@H]5[C@@H]3[C@@H]3CC[C@H](O)[C@@H]3[C@@H]51)[C@@H]2[C@H]1CC[C@H](O)[C@H]14. The number of rotatable bonds is 1. The molecule has 8 rings (SSSR count). The Kier molecular flexibility index (Phi) is 2.17. The maximum absolute atomic E-state index is 13.6. The van der Waals surface area contributed by atoms with Crippen molar-refractivity contribution >= 4 is 11.8 Å². The van der Waals surface area contributed by atoms with E-state index in [4.69, 9.17) is 0 Å². The van der Waals surface area contributed by atoms with E-state index in [1.165, 1.54) is 0 Å². The van der Waals surface area contributed by atoms with Gasteiger partial charge < -0.3 is 15.3 Å². The summed E-state index contributed by atoms with van der Waals surface area (Å²) in [6, 6.07) is 0. The Morgan fingerprint density at radius 2 is 1.44 bits per heavy atom. The van der Waals surface area contributed by atoms with Crippen molar-refractivity contribution in [2.45, 2.75) is 37.9 Å². The molecule has 0 heterocycles. The number of ketones is 1. The van der Waals surface area contributed by atoms with Crippen LogP contribution in [0.3, 0.4) is 0 Å². The van der Waals surface area contributed by atoms with Crippen molar-refractivity contribution in [2.75, 3.05) is 0 Å². The van der Waals surface area contributed by atoms with Gasteiger partial charge in [0.25, 0.3) is 0 Å². The number of carboxylic acid groups (broad SMARTS) is 1. The Hall–Kier alpha value is -0.940. The van der Waals surface area contributed by atoms with E-state index in [9.17, 15) is 24.9 Å². The monoisotopic (exact) mass is 344 g/mol. The molecular weight excluding hydrogens is 320 g/mol. The van der Waals surface area contributed by atoms with Crippen LogP contribution in [0.4, 0.5) is 0 Å². The summed E-state index contributed by atoms with van der Waals surface area (Å²) < 4.78 is 0. The van der Waals surface area contributed by atoms with Crippen LogP contribution in [0.25, 0.3) is 0 Å². The van der Waals surface area contributed by atoms with Crippen molar-refractivity contribution in [3.8, 4) is 0 Å². The maximum Gasteiger partial charge on any atom is 0.317 e. The third-order valence-electron chi connectivity index (χ3n) is 10.4. The molecule has 8 aliphatic carbocycles. The highest BCUT2D eigenvalue weighted by molar-refractivity contribution is 6.08. The predicted octanol–water partition coefficient (Wildman–Crippen LogP) is 0.782. The van der Waals surface area contributed by atoms with Gasteiger partial charge in [0.05, 0.1) is 12.2 Å². The second-order valence-electron chi connectivity index (χ2n) is 10.2. The van der Waals surface area contributed by atoms with Crippen molar-refractivity contribution in [3.63, 3.8) is 0 Å². The Morgan fingerprint density at radius 1 is 0.800 bits per heavy atom. The second-order valence-corrected chi connectivity index (χ2v) is 10.2. The molecule has 8 aliphatic rings. The average Bonchev–Trinajstić information content (AvgIpc) is 3.29. The smallest absolute Gasteiger partial charge is 0.317 e. The topological polar surface area (TPSA) is 94.8 Å². The van der Waals surface area contributed by atoms with E-state index < -0.39 is 17.5 Å². The minimum atomic E-state index is -1.25. The standard InChI is InChI=1S/C20H24O5/c21-7-4-2-6-9(7)12-14-13-11-5-1-3-8(22)10(5)17(13)20(16(6)14,19(24)25)18(23)15(11)12/h5-17,21-22H,1-4H2,(H,24,25)/t5-,6+,7+,8+,9+,10-,11+,12-,13-,14-,15+,16+,17+,20-/m1/s1. The molecule has 5 nitrogen and oxygen atoms in total. The highest BCUT2D eigenvalue weighted by atomic mass is 16.4. The van der Waals surface area contributed by atoms with E-state index in [0.717, 1.165) is 25.7 Å². The number of aliphatic hydroxyl groups is 2. The molecule has 0 saturated heterocycles. The zero-order valence-corrected chi connectivity index (χ0v) is 14.0. The minimum absolute atomic E-state index is 0.00167. The van der Waals surface area contributed by atoms with Gasteiger partial charge in [0.2, 0.25) is 0 Å². The lowest BCUT2D eigenvalue weighted by atomic mass is 9.56. The predicted molar refractivity (Wildman–Crippen MR) is 83.9 cm³/mol. The fraction of sp³-hybridized carbons (Fsp3) is 0.900. The summed E-state index contributed by atoms with van der Waals surface area (Å²) >= 11 is 0. The van der Waals surface area contributed by atoms with Crippen LogP contribution in [-0.4, -0.2) is 39.3 Å². The van der Waals surface area contributed by atoms with Gasteiger partial charge in [0.15, 0.2) is 5.78 Å². The number of aliphatic carboxylic acids is 1. The Balaban J connectivity index is 1.51. The van der Waals surface area contributed by atoms with Crippen LogP contribution in [-0.2, 0) is 9.59 Å². The van der Waals surface area contributed by atoms with Gasteiger partial charge >= 0.3 is 5.97 Å². The number of carbonyl (C=O) groups excluding carboxylic acids is 1. The Morgan fingerprint density at radius 3 is 2.16 bits per heavy atom. The van der Waals surface area contributed by atoms with E-state index >= 15 is 0 Å². The van der Waals surface area contributed by atoms with E-state index in [-0.39, 0.29) is 53.3 Å². The lowest BCUT2D eigenvalue weighted by Crippen LogP contribution is -2.56. The van der Waals surface area contributed by atoms with E-state index in [2.05, 4.69) is 0 Å². The van der Waals surface area contributed by atoms with Crippen LogP contribution in [0.5, 0.6) is 0 Å². The van der Waals surface area contributed by atoms with Gasteiger partial charge in [-0.05, 0) is 84.9 Å². The third-order valence-corrected chi connectivity index (χ3v) is 10.4. The summed E-state index contributed by atoms with van der Waals surface area (Å²) in [4.78, 5) is 26.3. The van der Waals surface area contributed by atoms with Crippen molar-refractivity contribution in [3.05, 3.63) is 0 Å². The molecule has 0 unspecified atom stereocenters. The molecule has 0 spiro atoms. The van der Waals surface area contributed by atoms with Gasteiger partial charge in [-0.2, -0.15) is 0 Å². The number of Topliss-reactive ketones (excluding diaryl/α,β-unsaturated/α-hetero) is 1. The molecule has 0 aliphatic heterocycles. The number of aliphatic hydroxyl groups excluding tert-OH is 2. The fourth-order valence-corrected chi connectivity index (χ4v) is 10.6. The molecule has 25 heavy (non-hydrogen) atoms. The third kappa shape index (κ3) is 1.09. The van der Waals surface area contributed by atoms with Gasteiger partial charge in [-0.1, -0.05) is 0 Å². The zero-order chi connectivity index (χ0) is 17.0. The molecule has 3 N–H and O–H groups in total. The summed E-state index contributed by atoms with van der Waals surface area (Å²) in [6.07, 6.45) is 2.58.